The molecule has 1 aromatic carbocycles. The summed E-state index contributed by atoms with van der Waals surface area (Å²) in [6.07, 6.45) is 5.16. The van der Waals surface area contributed by atoms with E-state index in [4.69, 9.17) is 4.98 Å². The van der Waals surface area contributed by atoms with E-state index in [9.17, 15) is 0 Å². The van der Waals surface area contributed by atoms with E-state index in [0.29, 0.717) is 5.95 Å². The van der Waals surface area contributed by atoms with E-state index in [2.05, 4.69) is 57.4 Å². The van der Waals surface area contributed by atoms with Crippen LogP contribution in [0.15, 0.2) is 30.3 Å². The Morgan fingerprint density at radius 2 is 1.69 bits per heavy atom. The van der Waals surface area contributed by atoms with Gasteiger partial charge < -0.3 is 15.1 Å². The molecule has 1 unspecified atom stereocenters. The summed E-state index contributed by atoms with van der Waals surface area (Å²) in [4.78, 5) is 14.2. The van der Waals surface area contributed by atoms with Crippen LogP contribution in [-0.4, -0.2) is 36.1 Å². The van der Waals surface area contributed by atoms with E-state index in [1.54, 1.807) is 0 Å². The number of piperidine rings is 1. The summed E-state index contributed by atoms with van der Waals surface area (Å²) in [5, 5.41) is 3.39. The van der Waals surface area contributed by atoms with Crippen molar-refractivity contribution in [3.05, 3.63) is 36.0 Å². The van der Waals surface area contributed by atoms with Crippen LogP contribution in [0.1, 0.15) is 38.3 Å². The first-order valence-electron chi connectivity index (χ1n) is 9.90. The number of hydrogen-bond donors (Lipinski definition) is 1. The monoisotopic (exact) mass is 351 g/mol. The molecule has 0 saturated carbocycles. The number of rotatable bonds is 4. The average Bonchev–Trinajstić information content (AvgIpc) is 3.16. The number of aromatic nitrogens is 2. The lowest BCUT2D eigenvalue weighted by Crippen LogP contribution is -2.35. The molecule has 4 rings (SSSR count). The van der Waals surface area contributed by atoms with E-state index < -0.39 is 0 Å². The van der Waals surface area contributed by atoms with Gasteiger partial charge in [-0.05, 0) is 62.8 Å². The van der Waals surface area contributed by atoms with Crippen LogP contribution in [0.4, 0.5) is 23.1 Å². The Labute approximate surface area is 156 Å². The van der Waals surface area contributed by atoms with Crippen LogP contribution in [0, 0.1) is 12.8 Å². The number of nitrogens with one attached hydrogen (secondary N) is 1. The quantitative estimate of drug-likeness (QED) is 0.886. The lowest BCUT2D eigenvalue weighted by Gasteiger charge is -2.32. The fraction of sp³-hybridized carbons (Fsp3) is 0.524. The van der Waals surface area contributed by atoms with Gasteiger partial charge in [0.1, 0.15) is 5.82 Å². The van der Waals surface area contributed by atoms with Crippen molar-refractivity contribution in [1.82, 2.24) is 9.97 Å². The number of benzene rings is 1. The van der Waals surface area contributed by atoms with Crippen molar-refractivity contribution in [2.75, 3.05) is 41.3 Å². The lowest BCUT2D eigenvalue weighted by atomic mass is 10.0. The molecule has 0 spiro atoms. The van der Waals surface area contributed by atoms with Gasteiger partial charge in [0.2, 0.25) is 5.95 Å². The van der Waals surface area contributed by atoms with Crippen molar-refractivity contribution in [2.24, 2.45) is 5.92 Å². The fourth-order valence-electron chi connectivity index (χ4n) is 4.03. The van der Waals surface area contributed by atoms with Crippen molar-refractivity contribution >= 4 is 23.1 Å². The molecule has 2 aromatic rings. The van der Waals surface area contributed by atoms with Crippen LogP contribution >= 0.6 is 0 Å². The van der Waals surface area contributed by atoms with Gasteiger partial charge in [-0.1, -0.05) is 6.92 Å². The number of aryl methyl sites for hydroxylation is 1. The van der Waals surface area contributed by atoms with Crippen molar-refractivity contribution in [1.29, 1.82) is 0 Å². The highest BCUT2D eigenvalue weighted by Crippen LogP contribution is 2.25. The van der Waals surface area contributed by atoms with Gasteiger partial charge in [-0.25, -0.2) is 4.98 Å². The minimum Gasteiger partial charge on any atom is -0.372 e. The molecular weight excluding hydrogens is 322 g/mol. The van der Waals surface area contributed by atoms with Gasteiger partial charge in [0.15, 0.2) is 0 Å². The number of nitrogens with zero attached hydrogens (tertiary/aromatic N) is 4. The van der Waals surface area contributed by atoms with Gasteiger partial charge in [-0.15, -0.1) is 0 Å². The molecule has 5 nitrogen and oxygen atoms in total. The van der Waals surface area contributed by atoms with Crippen LogP contribution in [0.3, 0.4) is 0 Å². The van der Waals surface area contributed by atoms with Crippen molar-refractivity contribution < 1.29 is 0 Å². The second-order valence-electron chi connectivity index (χ2n) is 7.75. The smallest absolute Gasteiger partial charge is 0.229 e. The molecule has 1 aromatic heterocycles. The Balaban J connectivity index is 1.49. The summed E-state index contributed by atoms with van der Waals surface area (Å²) >= 11 is 0. The second kappa shape index (κ2) is 7.52. The maximum Gasteiger partial charge on any atom is 0.229 e. The largest absolute Gasteiger partial charge is 0.372 e. The van der Waals surface area contributed by atoms with Crippen LogP contribution in [-0.2, 0) is 0 Å². The highest BCUT2D eigenvalue weighted by molar-refractivity contribution is 5.60. The number of anilines is 4. The Kier molecular flexibility index (Phi) is 4.96. The predicted molar refractivity (Wildman–Crippen MR) is 109 cm³/mol. The first-order chi connectivity index (χ1) is 12.7. The third-order valence-electron chi connectivity index (χ3n) is 5.42. The summed E-state index contributed by atoms with van der Waals surface area (Å²) in [7, 11) is 0. The summed E-state index contributed by atoms with van der Waals surface area (Å²) in [6, 6.07) is 10.7. The van der Waals surface area contributed by atoms with Crippen molar-refractivity contribution in [3.8, 4) is 0 Å². The molecule has 1 atom stereocenters. The van der Waals surface area contributed by atoms with E-state index >= 15 is 0 Å². The molecule has 2 fully saturated rings. The summed E-state index contributed by atoms with van der Waals surface area (Å²) < 4.78 is 0. The summed E-state index contributed by atoms with van der Waals surface area (Å²) in [5.41, 5.74) is 3.35. The maximum atomic E-state index is 4.78. The number of hydrogen-bond acceptors (Lipinski definition) is 5. The molecule has 1 N–H and O–H groups in total. The van der Waals surface area contributed by atoms with Crippen LogP contribution in [0.5, 0.6) is 0 Å². The first-order valence-corrected chi connectivity index (χ1v) is 9.90. The highest BCUT2D eigenvalue weighted by Gasteiger charge is 2.18. The van der Waals surface area contributed by atoms with Crippen LogP contribution < -0.4 is 15.1 Å². The molecule has 2 aliphatic heterocycles. The first kappa shape index (κ1) is 17.1. The van der Waals surface area contributed by atoms with E-state index in [0.717, 1.165) is 36.2 Å². The summed E-state index contributed by atoms with van der Waals surface area (Å²) in [6.45, 7) is 8.88. The van der Waals surface area contributed by atoms with Gasteiger partial charge in [0.25, 0.3) is 0 Å². The highest BCUT2D eigenvalue weighted by atomic mass is 15.2. The SMILES string of the molecule is Cc1cc(N2CCCC(C)C2)nc(Nc2ccc(N3CCCC3)cc2)n1. The normalized spacial score (nSPS) is 20.5. The predicted octanol–water partition coefficient (Wildman–Crippen LogP) is 4.37. The van der Waals surface area contributed by atoms with Crippen LogP contribution in [0.25, 0.3) is 0 Å². The Bertz CT molecular complexity index is 737. The topological polar surface area (TPSA) is 44.3 Å². The minimum atomic E-state index is 0.687. The zero-order valence-corrected chi connectivity index (χ0v) is 15.9. The molecule has 26 heavy (non-hydrogen) atoms. The average molecular weight is 351 g/mol. The molecule has 0 amide bonds. The zero-order valence-electron chi connectivity index (χ0n) is 15.9. The fourth-order valence-corrected chi connectivity index (χ4v) is 4.03. The molecule has 2 aliphatic rings. The van der Waals surface area contributed by atoms with Crippen molar-refractivity contribution in [2.45, 2.75) is 39.5 Å². The lowest BCUT2D eigenvalue weighted by molar-refractivity contribution is 0.444. The third kappa shape index (κ3) is 3.92. The summed E-state index contributed by atoms with van der Waals surface area (Å²) in [5.74, 6) is 2.46. The molecule has 0 bridgehead atoms. The molecule has 0 aliphatic carbocycles. The molecule has 138 valence electrons. The zero-order chi connectivity index (χ0) is 17.9. The molecular formula is C21H29N5. The van der Waals surface area contributed by atoms with Crippen LogP contribution in [0.2, 0.25) is 0 Å². The van der Waals surface area contributed by atoms with Crippen molar-refractivity contribution in [3.63, 3.8) is 0 Å². The third-order valence-corrected chi connectivity index (χ3v) is 5.42. The Hall–Kier alpha value is -2.30. The minimum absolute atomic E-state index is 0.687. The maximum absolute atomic E-state index is 4.78. The van der Waals surface area contributed by atoms with Gasteiger partial charge in [0.05, 0.1) is 0 Å². The van der Waals surface area contributed by atoms with Gasteiger partial charge >= 0.3 is 0 Å². The Morgan fingerprint density at radius 1 is 0.962 bits per heavy atom. The molecule has 5 heteroatoms. The van der Waals surface area contributed by atoms with E-state index in [1.807, 2.05) is 6.92 Å². The second-order valence-corrected chi connectivity index (χ2v) is 7.75. The van der Waals surface area contributed by atoms with Gasteiger partial charge in [-0.3, -0.25) is 0 Å². The standard InChI is InChI=1S/C21H29N5/c1-16-6-5-13-26(15-16)20-14-17(2)22-21(24-20)23-18-7-9-19(10-8-18)25-11-3-4-12-25/h7-10,14,16H,3-6,11-13,15H2,1-2H3,(H,22,23,24). The Morgan fingerprint density at radius 3 is 2.42 bits per heavy atom. The molecule has 2 saturated heterocycles. The molecule has 0 radical (unpaired) electrons. The molecule has 3 heterocycles. The van der Waals surface area contributed by atoms with E-state index in [1.165, 1.54) is 44.5 Å². The van der Waals surface area contributed by atoms with Gasteiger partial charge in [0, 0.05) is 49.3 Å². The van der Waals surface area contributed by atoms with E-state index in [-0.39, 0.29) is 0 Å². The van der Waals surface area contributed by atoms with Gasteiger partial charge in [-0.2, -0.15) is 4.98 Å².